The summed E-state index contributed by atoms with van der Waals surface area (Å²) in [6, 6.07) is 0. The van der Waals surface area contributed by atoms with E-state index in [1.54, 1.807) is 0 Å². The van der Waals surface area contributed by atoms with Crippen molar-refractivity contribution in [2.24, 2.45) is 0 Å². The summed E-state index contributed by atoms with van der Waals surface area (Å²) in [5.74, 6) is -3.91. The van der Waals surface area contributed by atoms with Gasteiger partial charge in [0, 0.05) is 0 Å². The van der Waals surface area contributed by atoms with E-state index in [1.165, 1.54) is 0 Å². The van der Waals surface area contributed by atoms with E-state index >= 15 is 0 Å². The second-order valence-corrected chi connectivity index (χ2v) is 5.42. The highest BCUT2D eigenvalue weighted by Gasteiger charge is 2.66. The molecule has 6 nitrogen and oxygen atoms in total. The van der Waals surface area contributed by atoms with E-state index in [4.69, 9.17) is 0 Å². The molecule has 0 saturated heterocycles. The first-order valence-corrected chi connectivity index (χ1v) is 6.52. The predicted molar refractivity (Wildman–Crippen MR) is 67.9 cm³/mol. The van der Waals surface area contributed by atoms with Crippen LogP contribution < -0.4 is 0 Å². The lowest BCUT2D eigenvalue weighted by Gasteiger charge is -2.33. The summed E-state index contributed by atoms with van der Waals surface area (Å²) < 4.78 is 77.2. The van der Waals surface area contributed by atoms with Crippen molar-refractivity contribution < 1.29 is 50.5 Å². The minimum absolute atomic E-state index is 0.426. The van der Waals surface area contributed by atoms with E-state index in [-0.39, 0.29) is 0 Å². The quantitative estimate of drug-likeness (QED) is 0.354. The Morgan fingerprint density at radius 1 is 1.17 bits per heavy atom. The fourth-order valence-corrected chi connectivity index (χ4v) is 1.36. The molecule has 24 heavy (non-hydrogen) atoms. The van der Waals surface area contributed by atoms with Crippen LogP contribution in [0.3, 0.4) is 0 Å². The van der Waals surface area contributed by atoms with E-state index in [9.17, 15) is 36.3 Å². The molecule has 0 spiro atoms. The first-order chi connectivity index (χ1) is 10.8. The predicted octanol–water partition coefficient (Wildman–Crippen LogP) is 1.95. The van der Waals surface area contributed by atoms with E-state index in [1.807, 2.05) is 0 Å². The van der Waals surface area contributed by atoms with Crippen LogP contribution in [0.2, 0.25) is 0 Å². The first-order valence-electron chi connectivity index (χ1n) is 6.52. The van der Waals surface area contributed by atoms with E-state index < -0.39 is 55.2 Å². The number of esters is 2. The Morgan fingerprint density at radius 2 is 1.71 bits per heavy atom. The van der Waals surface area contributed by atoms with Crippen LogP contribution in [0.1, 0.15) is 27.2 Å². The Balaban J connectivity index is 5.69. The van der Waals surface area contributed by atoms with Gasteiger partial charge in [-0.2, -0.15) is 13.2 Å². The smallest absolute Gasteiger partial charge is 0.440 e. The number of carbonyl (C=O) groups is 2. The fourth-order valence-electron chi connectivity index (χ4n) is 1.36. The fraction of sp³-hybridized carbons (Fsp3) is 0.769. The van der Waals surface area contributed by atoms with Crippen molar-refractivity contribution in [2.45, 2.75) is 50.7 Å². The number of ether oxygens (including phenoxy) is 3. The second-order valence-electron chi connectivity index (χ2n) is 5.42. The molecule has 0 heterocycles. The molecule has 0 aromatic carbocycles. The third kappa shape index (κ3) is 5.60. The van der Waals surface area contributed by atoms with Gasteiger partial charge in [0.2, 0.25) is 0 Å². The van der Waals surface area contributed by atoms with E-state index in [0.29, 0.717) is 6.47 Å². The maximum absolute atomic E-state index is 13.3. The highest BCUT2D eigenvalue weighted by atomic mass is 19.4. The van der Waals surface area contributed by atoms with Crippen LogP contribution in [0.15, 0.2) is 0 Å². The molecular formula is C13H16F5O6. The molecule has 2 unspecified atom stereocenters. The average Bonchev–Trinajstić information content (AvgIpc) is 2.44. The molecule has 0 amide bonds. The van der Waals surface area contributed by atoms with Gasteiger partial charge in [-0.1, -0.05) is 0 Å². The molecule has 11 heteroatoms. The van der Waals surface area contributed by atoms with Crippen LogP contribution in [0.5, 0.6) is 0 Å². The largest absolute Gasteiger partial charge is 0.460 e. The highest BCUT2D eigenvalue weighted by Crippen LogP contribution is 2.38. The van der Waals surface area contributed by atoms with E-state index in [0.717, 1.165) is 20.8 Å². The number of halogens is 5. The molecule has 0 bridgehead atoms. The Hall–Kier alpha value is -1.94. The van der Waals surface area contributed by atoms with Gasteiger partial charge in [-0.15, -0.1) is 0 Å². The van der Waals surface area contributed by atoms with Gasteiger partial charge in [0.25, 0.3) is 0 Å². The number of hydrogen-bond acceptors (Lipinski definition) is 6. The molecule has 0 aliphatic rings. The van der Waals surface area contributed by atoms with Gasteiger partial charge in [0.05, 0.1) is 0 Å². The molecular weight excluding hydrogens is 347 g/mol. The van der Waals surface area contributed by atoms with Gasteiger partial charge in [0.15, 0.2) is 0 Å². The van der Waals surface area contributed by atoms with Crippen molar-refractivity contribution >= 4 is 18.4 Å². The topological polar surface area (TPSA) is 78.9 Å². The minimum atomic E-state index is -5.61. The minimum Gasteiger partial charge on any atom is -0.460 e. The van der Waals surface area contributed by atoms with Crippen molar-refractivity contribution in [1.29, 1.82) is 0 Å². The van der Waals surface area contributed by atoms with E-state index in [2.05, 4.69) is 14.2 Å². The Morgan fingerprint density at radius 3 is 2.08 bits per heavy atom. The van der Waals surface area contributed by atoms with Gasteiger partial charge in [-0.25, -0.2) is 18.4 Å². The number of alkyl halides is 5. The molecule has 0 fully saturated rings. The van der Waals surface area contributed by atoms with Crippen molar-refractivity contribution in [2.75, 3.05) is 13.3 Å². The summed E-state index contributed by atoms with van der Waals surface area (Å²) in [7, 11) is 0. The average molecular weight is 363 g/mol. The van der Waals surface area contributed by atoms with Gasteiger partial charge < -0.3 is 14.2 Å². The molecule has 0 aromatic heterocycles. The Bertz CT molecular complexity index is 464. The summed E-state index contributed by atoms with van der Waals surface area (Å²) in [5.41, 5.74) is -6.07. The van der Waals surface area contributed by atoms with Crippen LogP contribution in [0.25, 0.3) is 0 Å². The van der Waals surface area contributed by atoms with Crippen LogP contribution in [0, 0.1) is 0 Å². The van der Waals surface area contributed by atoms with Crippen LogP contribution in [0.4, 0.5) is 22.0 Å². The van der Waals surface area contributed by atoms with Crippen LogP contribution in [-0.2, 0) is 28.6 Å². The molecule has 2 atom stereocenters. The lowest BCUT2D eigenvalue weighted by atomic mass is 9.98. The summed E-state index contributed by atoms with van der Waals surface area (Å²) in [6.07, 6.45) is -8.83. The Kier molecular flexibility index (Phi) is 7.58. The van der Waals surface area contributed by atoms with Gasteiger partial charge in [-0.05, 0) is 20.8 Å². The lowest BCUT2D eigenvalue weighted by molar-refractivity contribution is -0.265. The standard InChI is InChI=1S/C13H16F5O6/c1-8(5-14)23-9(20)4-12(22-7-19,13(16,17)18)10(21)24-11(2,3)6-15/h8H,4-6H2,1-3H3. The third-order valence-corrected chi connectivity index (χ3v) is 2.64. The zero-order valence-electron chi connectivity index (χ0n) is 13.0. The van der Waals surface area contributed by atoms with Crippen LogP contribution in [-0.4, -0.2) is 55.2 Å². The Labute approximate surface area is 134 Å². The normalized spacial score (nSPS) is 15.8. The van der Waals surface area contributed by atoms with Crippen molar-refractivity contribution in [3.05, 3.63) is 0 Å². The van der Waals surface area contributed by atoms with Crippen molar-refractivity contribution in [3.8, 4) is 0 Å². The third-order valence-electron chi connectivity index (χ3n) is 2.64. The number of carbonyl (C=O) groups excluding carboxylic acids is 3. The lowest BCUT2D eigenvalue weighted by Crippen LogP contribution is -2.58. The van der Waals surface area contributed by atoms with Crippen molar-refractivity contribution in [3.63, 3.8) is 0 Å². The molecule has 0 aliphatic carbocycles. The SMILES string of the molecule is CC(CF)OC(=O)CC(O[C]=O)(C(=O)OC(C)(C)CF)C(F)(F)F. The number of hydrogen-bond donors (Lipinski definition) is 0. The summed E-state index contributed by atoms with van der Waals surface area (Å²) >= 11 is 0. The summed E-state index contributed by atoms with van der Waals surface area (Å²) in [4.78, 5) is 33.7. The van der Waals surface area contributed by atoms with Crippen molar-refractivity contribution in [1.82, 2.24) is 0 Å². The van der Waals surface area contributed by atoms with Gasteiger partial charge in [-0.3, -0.25) is 4.79 Å². The maximum atomic E-state index is 13.3. The van der Waals surface area contributed by atoms with Crippen LogP contribution >= 0.6 is 0 Å². The molecule has 0 aliphatic heterocycles. The molecule has 1 radical (unpaired) electrons. The molecule has 0 rings (SSSR count). The molecule has 0 N–H and O–H groups in total. The summed E-state index contributed by atoms with van der Waals surface area (Å²) in [5, 5.41) is 0. The highest BCUT2D eigenvalue weighted by molar-refractivity contribution is 5.88. The van der Waals surface area contributed by atoms with Gasteiger partial charge in [0.1, 0.15) is 31.5 Å². The summed E-state index contributed by atoms with van der Waals surface area (Å²) in [6.45, 7) is 0.853. The second kappa shape index (κ2) is 8.25. The monoisotopic (exact) mass is 363 g/mol. The first kappa shape index (κ1) is 22.1. The maximum Gasteiger partial charge on any atom is 0.440 e. The molecule has 0 saturated carbocycles. The zero-order chi connectivity index (χ0) is 19.2. The zero-order valence-corrected chi connectivity index (χ0v) is 13.0. The molecule has 139 valence electrons. The molecule has 0 aromatic rings. The number of rotatable bonds is 9. The van der Waals surface area contributed by atoms with Gasteiger partial charge >= 0.3 is 30.2 Å².